The van der Waals surface area contributed by atoms with Crippen LogP contribution in [0.4, 0.5) is 18.9 Å². The van der Waals surface area contributed by atoms with Crippen molar-refractivity contribution in [3.8, 4) is 22.9 Å². The van der Waals surface area contributed by atoms with Crippen LogP contribution in [0.25, 0.3) is 11.1 Å². The number of nitrogens with one attached hydrogen (secondary N) is 1. The van der Waals surface area contributed by atoms with Gasteiger partial charge in [-0.2, -0.15) is 5.26 Å². The molecular weight excluding hydrogens is 403 g/mol. The molecule has 166 valence electrons. The van der Waals surface area contributed by atoms with E-state index >= 15 is 0 Å². The van der Waals surface area contributed by atoms with Crippen LogP contribution in [0, 0.1) is 18.3 Å². The summed E-state index contributed by atoms with van der Waals surface area (Å²) in [5.74, 6) is -0.267. The Kier molecular flexibility index (Phi) is 8.12. The number of anilines is 1. The van der Waals surface area contributed by atoms with Crippen molar-refractivity contribution < 1.29 is 17.9 Å². The van der Waals surface area contributed by atoms with Gasteiger partial charge in [-0.15, -0.1) is 13.2 Å². The summed E-state index contributed by atoms with van der Waals surface area (Å²) in [4.78, 5) is 1.96. The molecule has 0 aliphatic heterocycles. The first-order valence-electron chi connectivity index (χ1n) is 10.1. The SMILES string of the molecule is CC/C(C)=C/N(C)c1c(C)c(-c2ccc(OC(F)(F)F)cc2)cc(CCNC)c1C#N. The van der Waals surface area contributed by atoms with Crippen LogP contribution in [0.5, 0.6) is 5.75 Å². The van der Waals surface area contributed by atoms with E-state index in [-0.39, 0.29) is 5.75 Å². The third-order valence-corrected chi connectivity index (χ3v) is 5.12. The lowest BCUT2D eigenvalue weighted by molar-refractivity contribution is -0.274. The summed E-state index contributed by atoms with van der Waals surface area (Å²) in [5.41, 5.74) is 5.97. The van der Waals surface area contributed by atoms with Gasteiger partial charge in [0, 0.05) is 13.2 Å². The average Bonchev–Trinajstić information content (AvgIpc) is 2.71. The van der Waals surface area contributed by atoms with Crippen molar-refractivity contribution in [1.82, 2.24) is 5.32 Å². The van der Waals surface area contributed by atoms with E-state index in [1.165, 1.54) is 17.7 Å². The molecule has 0 bridgehead atoms. The maximum atomic E-state index is 12.5. The maximum absolute atomic E-state index is 12.5. The third kappa shape index (κ3) is 6.25. The van der Waals surface area contributed by atoms with Gasteiger partial charge in [-0.1, -0.05) is 24.6 Å². The number of likely N-dealkylation sites (N-methyl/N-ethyl adjacent to an activating group) is 1. The molecule has 7 heteroatoms. The Morgan fingerprint density at radius 1 is 1.26 bits per heavy atom. The fourth-order valence-corrected chi connectivity index (χ4v) is 3.47. The molecule has 0 radical (unpaired) electrons. The van der Waals surface area contributed by atoms with Gasteiger partial charge in [0.25, 0.3) is 0 Å². The minimum absolute atomic E-state index is 0.267. The fraction of sp³-hybridized carbons (Fsp3) is 0.375. The van der Waals surface area contributed by atoms with Crippen LogP contribution < -0.4 is 15.0 Å². The number of hydrogen-bond donors (Lipinski definition) is 1. The van der Waals surface area contributed by atoms with Gasteiger partial charge >= 0.3 is 6.36 Å². The topological polar surface area (TPSA) is 48.3 Å². The van der Waals surface area contributed by atoms with Crippen molar-refractivity contribution in [3.63, 3.8) is 0 Å². The zero-order valence-corrected chi connectivity index (χ0v) is 18.5. The Labute approximate surface area is 181 Å². The highest BCUT2D eigenvalue weighted by molar-refractivity contribution is 5.80. The molecule has 0 saturated heterocycles. The minimum Gasteiger partial charge on any atom is -0.406 e. The molecule has 2 aromatic carbocycles. The van der Waals surface area contributed by atoms with E-state index in [2.05, 4.69) is 23.0 Å². The summed E-state index contributed by atoms with van der Waals surface area (Å²) in [5, 5.41) is 13.0. The van der Waals surface area contributed by atoms with Crippen molar-refractivity contribution in [2.24, 2.45) is 0 Å². The van der Waals surface area contributed by atoms with Crippen LogP contribution in [0.15, 0.2) is 42.1 Å². The molecule has 0 fully saturated rings. The van der Waals surface area contributed by atoms with E-state index < -0.39 is 6.36 Å². The Morgan fingerprint density at radius 3 is 2.42 bits per heavy atom. The second-order valence-corrected chi connectivity index (χ2v) is 7.41. The lowest BCUT2D eigenvalue weighted by atomic mass is 9.90. The highest BCUT2D eigenvalue weighted by Crippen LogP contribution is 2.37. The van der Waals surface area contributed by atoms with E-state index in [1.54, 1.807) is 12.1 Å². The van der Waals surface area contributed by atoms with E-state index in [0.29, 0.717) is 18.5 Å². The summed E-state index contributed by atoms with van der Waals surface area (Å²) in [6.45, 7) is 6.72. The molecule has 0 aliphatic rings. The number of hydrogen-bond acceptors (Lipinski definition) is 4. The van der Waals surface area contributed by atoms with Gasteiger partial charge in [-0.05, 0) is 80.7 Å². The van der Waals surface area contributed by atoms with E-state index in [0.717, 1.165) is 34.4 Å². The molecule has 0 aliphatic carbocycles. The Bertz CT molecular complexity index is 974. The predicted octanol–water partition coefficient (Wildman–Crippen LogP) is 5.94. The quantitative estimate of drug-likeness (QED) is 0.562. The van der Waals surface area contributed by atoms with Crippen LogP contribution >= 0.6 is 0 Å². The van der Waals surface area contributed by atoms with Gasteiger partial charge in [-0.25, -0.2) is 0 Å². The second-order valence-electron chi connectivity index (χ2n) is 7.41. The summed E-state index contributed by atoms with van der Waals surface area (Å²) >= 11 is 0. The van der Waals surface area contributed by atoms with Crippen molar-refractivity contribution in [3.05, 3.63) is 58.8 Å². The Balaban J connectivity index is 2.64. The normalized spacial score (nSPS) is 11.9. The molecule has 0 atom stereocenters. The molecule has 0 heterocycles. The Hall–Kier alpha value is -2.98. The van der Waals surface area contributed by atoms with E-state index in [9.17, 15) is 18.4 Å². The van der Waals surface area contributed by atoms with Crippen LogP contribution in [0.3, 0.4) is 0 Å². The molecule has 31 heavy (non-hydrogen) atoms. The van der Waals surface area contributed by atoms with Gasteiger partial charge in [0.1, 0.15) is 11.8 Å². The molecule has 4 nitrogen and oxygen atoms in total. The van der Waals surface area contributed by atoms with Crippen LogP contribution in [-0.2, 0) is 6.42 Å². The minimum atomic E-state index is -4.73. The summed E-state index contributed by atoms with van der Waals surface area (Å²) in [7, 11) is 3.76. The molecule has 0 aromatic heterocycles. The summed E-state index contributed by atoms with van der Waals surface area (Å²) in [6.07, 6.45) is -1.18. The molecule has 2 aromatic rings. The highest BCUT2D eigenvalue weighted by Gasteiger charge is 2.31. The second kappa shape index (κ2) is 10.4. The fourth-order valence-electron chi connectivity index (χ4n) is 3.47. The zero-order chi connectivity index (χ0) is 23.2. The molecule has 2 rings (SSSR count). The smallest absolute Gasteiger partial charge is 0.406 e. The maximum Gasteiger partial charge on any atom is 0.573 e. The Morgan fingerprint density at radius 2 is 1.90 bits per heavy atom. The molecule has 0 spiro atoms. The van der Waals surface area contributed by atoms with Crippen molar-refractivity contribution >= 4 is 5.69 Å². The monoisotopic (exact) mass is 431 g/mol. The lowest BCUT2D eigenvalue weighted by Gasteiger charge is -2.24. The number of rotatable bonds is 8. The van der Waals surface area contributed by atoms with Crippen LogP contribution in [-0.4, -0.2) is 27.0 Å². The third-order valence-electron chi connectivity index (χ3n) is 5.12. The van der Waals surface area contributed by atoms with Crippen molar-refractivity contribution in [1.29, 1.82) is 5.26 Å². The first-order chi connectivity index (χ1) is 14.6. The number of nitriles is 1. The largest absolute Gasteiger partial charge is 0.573 e. The van der Waals surface area contributed by atoms with Gasteiger partial charge in [0.05, 0.1) is 11.3 Å². The van der Waals surface area contributed by atoms with Gasteiger partial charge in [-0.3, -0.25) is 0 Å². The number of ether oxygens (including phenoxy) is 1. The van der Waals surface area contributed by atoms with Crippen molar-refractivity contribution in [2.45, 2.75) is 40.0 Å². The van der Waals surface area contributed by atoms with Crippen LogP contribution in [0.1, 0.15) is 37.0 Å². The van der Waals surface area contributed by atoms with E-state index in [4.69, 9.17) is 0 Å². The number of nitrogens with zero attached hydrogens (tertiary/aromatic N) is 2. The number of benzene rings is 2. The van der Waals surface area contributed by atoms with Gasteiger partial charge in [0.2, 0.25) is 0 Å². The van der Waals surface area contributed by atoms with E-state index in [1.807, 2.05) is 45.1 Å². The summed E-state index contributed by atoms with van der Waals surface area (Å²) in [6, 6.07) is 10.1. The molecule has 1 N–H and O–H groups in total. The molecular formula is C24H28F3N3O. The van der Waals surface area contributed by atoms with Crippen molar-refractivity contribution in [2.75, 3.05) is 25.5 Å². The first-order valence-corrected chi connectivity index (χ1v) is 10.1. The summed E-state index contributed by atoms with van der Waals surface area (Å²) < 4.78 is 41.5. The number of halogens is 3. The van der Waals surface area contributed by atoms with Gasteiger partial charge < -0.3 is 15.0 Å². The highest BCUT2D eigenvalue weighted by atomic mass is 19.4. The average molecular weight is 432 g/mol. The molecule has 0 unspecified atom stereocenters. The zero-order valence-electron chi connectivity index (χ0n) is 18.5. The molecule has 0 saturated carbocycles. The van der Waals surface area contributed by atoms with Gasteiger partial charge in [0.15, 0.2) is 0 Å². The first kappa shape index (κ1) is 24.3. The number of allylic oxidation sites excluding steroid dienone is 1. The number of alkyl halides is 3. The van der Waals surface area contributed by atoms with Crippen LogP contribution in [0.2, 0.25) is 0 Å². The lowest BCUT2D eigenvalue weighted by Crippen LogP contribution is -2.17. The standard InChI is InChI=1S/C24H28F3N3O/c1-6-16(2)15-30(5)23-17(3)21(13-19(11-12-29-4)22(23)14-28)18-7-9-20(10-8-18)31-24(25,26)27/h7-10,13,15,29H,6,11-12H2,1-5H3/b16-15+. The molecule has 0 amide bonds. The predicted molar refractivity (Wildman–Crippen MR) is 118 cm³/mol.